The molecule has 2 amide bonds. The molecule has 3 rings (SSSR count). The van der Waals surface area contributed by atoms with E-state index in [0.717, 1.165) is 16.9 Å². The number of carbonyl (C=O) groups is 3. The highest BCUT2D eigenvalue weighted by Crippen LogP contribution is 2.39. The number of sulfone groups is 1. The van der Waals surface area contributed by atoms with Gasteiger partial charge in [0.2, 0.25) is 15.7 Å². The number of alkyl carbamates (subject to hydrolysis) is 1. The Morgan fingerprint density at radius 1 is 1.05 bits per heavy atom. The van der Waals surface area contributed by atoms with Gasteiger partial charge in [-0.1, -0.05) is 24.3 Å². The van der Waals surface area contributed by atoms with Crippen molar-refractivity contribution in [1.82, 2.24) is 5.32 Å². The third-order valence-electron chi connectivity index (χ3n) is 6.04. The summed E-state index contributed by atoms with van der Waals surface area (Å²) in [5.74, 6) is -1.44. The fourth-order valence-corrected chi connectivity index (χ4v) is 8.10. The molecule has 230 valence electrons. The molecule has 0 saturated carbocycles. The summed E-state index contributed by atoms with van der Waals surface area (Å²) in [6.45, 7) is 6.96. The molecule has 1 aromatic heterocycles. The Morgan fingerprint density at radius 2 is 1.72 bits per heavy atom. The lowest BCUT2D eigenvalue weighted by atomic mass is 9.98. The number of thioether (sulfide) groups is 1. The van der Waals surface area contributed by atoms with Gasteiger partial charge in [0.15, 0.2) is 0 Å². The van der Waals surface area contributed by atoms with Gasteiger partial charge in [-0.3, -0.25) is 20.3 Å². The summed E-state index contributed by atoms with van der Waals surface area (Å²) in [5.41, 5.74) is 1.83. The van der Waals surface area contributed by atoms with Crippen molar-refractivity contribution in [2.45, 2.75) is 73.0 Å². The molecule has 4 N–H and O–H groups in total. The molecule has 3 aromatic rings. The molecule has 0 atom stereocenters. The lowest BCUT2D eigenvalue weighted by Gasteiger charge is -2.19. The number of carbonyl (C=O) groups excluding carboxylic acids is 2. The smallest absolute Gasteiger partial charge is 0.413 e. The topological polar surface area (TPSA) is 163 Å². The largest absolute Gasteiger partial charge is 0.481 e. The number of amides is 2. The first-order valence-electron chi connectivity index (χ1n) is 13.4. The summed E-state index contributed by atoms with van der Waals surface area (Å²) < 4.78 is 33.4. The summed E-state index contributed by atoms with van der Waals surface area (Å²) in [5, 5.41) is 22.4. The molecule has 0 saturated heterocycles. The second-order valence-electron chi connectivity index (χ2n) is 10.6. The highest BCUT2D eigenvalue weighted by molar-refractivity contribution is 8.01. The van der Waals surface area contributed by atoms with Gasteiger partial charge in [0.25, 0.3) is 0 Å². The van der Waals surface area contributed by atoms with E-state index in [1.807, 2.05) is 13.0 Å². The molecule has 0 radical (unpaired) electrons. The van der Waals surface area contributed by atoms with Gasteiger partial charge in [0.05, 0.1) is 18.9 Å². The normalized spacial score (nSPS) is 11.6. The molecule has 2 aromatic carbocycles. The van der Waals surface area contributed by atoms with Crippen LogP contribution < -0.4 is 10.6 Å². The first-order chi connectivity index (χ1) is 20.1. The van der Waals surface area contributed by atoms with Gasteiger partial charge in [-0.2, -0.15) is 0 Å². The second-order valence-corrected chi connectivity index (χ2v) is 14.7. The fraction of sp³-hybridized carbons (Fsp3) is 0.333. The van der Waals surface area contributed by atoms with E-state index >= 15 is 0 Å². The van der Waals surface area contributed by atoms with Crippen LogP contribution in [0, 0.1) is 12.3 Å². The van der Waals surface area contributed by atoms with Gasteiger partial charge in [-0.25, -0.2) is 13.2 Å². The molecule has 0 bridgehead atoms. The fourth-order valence-electron chi connectivity index (χ4n) is 4.15. The Balaban J connectivity index is 1.91. The maximum absolute atomic E-state index is 13.9. The number of ether oxygens (including phenoxy) is 1. The van der Waals surface area contributed by atoms with E-state index in [0.29, 0.717) is 33.9 Å². The van der Waals surface area contributed by atoms with Crippen molar-refractivity contribution in [2.24, 2.45) is 0 Å². The van der Waals surface area contributed by atoms with E-state index in [9.17, 15) is 22.8 Å². The lowest BCUT2D eigenvalue weighted by molar-refractivity contribution is -0.137. The average molecular weight is 646 g/mol. The van der Waals surface area contributed by atoms with Crippen LogP contribution in [0.3, 0.4) is 0 Å². The maximum atomic E-state index is 13.9. The van der Waals surface area contributed by atoms with Gasteiger partial charge >= 0.3 is 12.1 Å². The third kappa shape index (κ3) is 9.15. The molecule has 13 heteroatoms. The molecule has 0 aliphatic rings. The van der Waals surface area contributed by atoms with Crippen molar-refractivity contribution in [3.8, 4) is 11.1 Å². The predicted octanol–water partition coefficient (Wildman–Crippen LogP) is 6.71. The van der Waals surface area contributed by atoms with Crippen LogP contribution in [0.2, 0.25) is 0 Å². The van der Waals surface area contributed by atoms with Crippen LogP contribution in [0.4, 0.5) is 10.5 Å². The third-order valence-corrected chi connectivity index (χ3v) is 10.4. The Hall–Kier alpha value is -3.68. The maximum Gasteiger partial charge on any atom is 0.413 e. The number of aryl methyl sites for hydroxylation is 1. The van der Waals surface area contributed by atoms with Gasteiger partial charge in [0, 0.05) is 24.1 Å². The number of carboxylic acids is 1. The minimum atomic E-state index is -4.04. The van der Waals surface area contributed by atoms with Crippen molar-refractivity contribution in [1.29, 1.82) is 5.41 Å². The Bertz CT molecular complexity index is 1640. The molecular weight excluding hydrogens is 611 g/mol. The van der Waals surface area contributed by atoms with E-state index in [1.54, 1.807) is 57.4 Å². The van der Waals surface area contributed by atoms with Crippen molar-refractivity contribution in [3.63, 3.8) is 0 Å². The first kappa shape index (κ1) is 33.8. The zero-order chi connectivity index (χ0) is 31.9. The lowest BCUT2D eigenvalue weighted by Crippen LogP contribution is -2.36. The Labute approximate surface area is 259 Å². The van der Waals surface area contributed by atoms with Crippen molar-refractivity contribution < 1.29 is 32.6 Å². The van der Waals surface area contributed by atoms with E-state index in [4.69, 9.17) is 15.3 Å². The Morgan fingerprint density at radius 3 is 2.37 bits per heavy atom. The zero-order valence-corrected chi connectivity index (χ0v) is 27.0. The van der Waals surface area contributed by atoms with Gasteiger partial charge in [0.1, 0.15) is 11.4 Å². The Kier molecular flexibility index (Phi) is 11.2. The molecule has 43 heavy (non-hydrogen) atoms. The van der Waals surface area contributed by atoms with Gasteiger partial charge in [-0.05, 0) is 82.2 Å². The predicted molar refractivity (Wildman–Crippen MR) is 169 cm³/mol. The quantitative estimate of drug-likeness (QED) is 0.0774. The monoisotopic (exact) mass is 645 g/mol. The number of aliphatic carboxylic acids is 1. The average Bonchev–Trinajstić information content (AvgIpc) is 3.36. The number of nitrogens with one attached hydrogen (secondary N) is 3. The van der Waals surface area contributed by atoms with E-state index < -0.39 is 27.5 Å². The number of unbranched alkanes of at least 4 members (excludes halogenated alkanes) is 1. The summed E-state index contributed by atoms with van der Waals surface area (Å²) in [4.78, 5) is 35.8. The first-order valence-corrected chi connectivity index (χ1v) is 16.9. The number of thiophene rings is 1. The highest BCUT2D eigenvalue weighted by atomic mass is 32.2. The van der Waals surface area contributed by atoms with Crippen LogP contribution in [0.1, 0.15) is 56.9 Å². The van der Waals surface area contributed by atoms with Crippen LogP contribution in [0.15, 0.2) is 62.5 Å². The van der Waals surface area contributed by atoms with Gasteiger partial charge < -0.3 is 15.2 Å². The molecule has 0 unspecified atom stereocenters. The minimum absolute atomic E-state index is 0.00446. The highest BCUT2D eigenvalue weighted by Gasteiger charge is 2.27. The van der Waals surface area contributed by atoms with Crippen molar-refractivity contribution in [2.75, 3.05) is 11.6 Å². The molecule has 10 nitrogen and oxygen atoms in total. The number of hydrogen-bond acceptors (Lipinski definition) is 9. The summed E-state index contributed by atoms with van der Waals surface area (Å²) >= 11 is 2.30. The van der Waals surface area contributed by atoms with E-state index in [1.165, 1.54) is 23.9 Å². The number of benzene rings is 2. The molecule has 0 spiro atoms. The van der Waals surface area contributed by atoms with Crippen LogP contribution in [-0.2, 0) is 24.2 Å². The molecule has 0 aliphatic carbocycles. The summed E-state index contributed by atoms with van der Waals surface area (Å²) in [7, 11) is -4.04. The standard InChI is InChI=1S/C30H35N3O7S3/c1-18-10-8-13-21(32-24(34)14-6-7-15-25(35)36)26(18)19-11-9-12-20(16-19)43(38,39)23-17-22(42-28(23)41-5)27(31)33-29(37)40-30(2,3)4/h8-13,16-17H,6-7,14-15H2,1-5H3,(H,32,34)(H,35,36)(H2,31,33,37). The summed E-state index contributed by atoms with van der Waals surface area (Å²) in [6.07, 6.45) is 1.90. The second kappa shape index (κ2) is 14.2. The van der Waals surface area contributed by atoms with Crippen LogP contribution in [-0.4, -0.2) is 49.2 Å². The molecule has 0 aliphatic heterocycles. The molecule has 0 fully saturated rings. The number of amidine groups is 1. The number of hydrogen-bond donors (Lipinski definition) is 4. The number of anilines is 1. The number of carboxylic acid groups (broad SMARTS) is 1. The van der Waals surface area contributed by atoms with E-state index in [-0.39, 0.29) is 39.3 Å². The van der Waals surface area contributed by atoms with Gasteiger partial charge in [-0.15, -0.1) is 23.1 Å². The SMILES string of the molecule is CSc1sc(C(=N)NC(=O)OC(C)(C)C)cc1S(=O)(=O)c1cccc(-c2c(C)cccc2NC(=O)CCCCC(=O)O)c1. The zero-order valence-electron chi connectivity index (χ0n) is 24.6. The van der Waals surface area contributed by atoms with E-state index in [2.05, 4.69) is 10.6 Å². The van der Waals surface area contributed by atoms with Crippen LogP contribution in [0.5, 0.6) is 0 Å². The van der Waals surface area contributed by atoms with Crippen LogP contribution in [0.25, 0.3) is 11.1 Å². The van der Waals surface area contributed by atoms with Crippen LogP contribution >= 0.6 is 23.1 Å². The summed E-state index contributed by atoms with van der Waals surface area (Å²) in [6, 6.07) is 13.2. The van der Waals surface area contributed by atoms with Crippen molar-refractivity contribution >= 4 is 62.4 Å². The molecule has 1 heterocycles. The van der Waals surface area contributed by atoms with Crippen molar-refractivity contribution in [3.05, 3.63) is 59.0 Å². The minimum Gasteiger partial charge on any atom is -0.481 e. The number of rotatable bonds is 11. The molecular formula is C30H35N3O7S3.